The number of anilines is 2. The first-order chi connectivity index (χ1) is 23.7. The number of carbonyl (C=O) groups is 4. The number of allylic oxidation sites excluding steroid dienone is 2. The molecule has 1 saturated carbocycles. The molecule has 4 aromatic rings. The number of phenolic OH excluding ortho intramolecular Hbond substituents is 1. The van der Waals surface area contributed by atoms with E-state index in [-0.39, 0.29) is 30.4 Å². The number of phenols is 1. The first kappa shape index (κ1) is 31.4. The maximum Gasteiger partial charge on any atom is 0.246 e. The zero-order chi connectivity index (χ0) is 34.2. The highest BCUT2D eigenvalue weighted by Crippen LogP contribution is 2.65. The molecule has 6 atom stereocenters. The van der Waals surface area contributed by atoms with E-state index in [0.29, 0.717) is 38.3 Å². The normalized spacial score (nSPS) is 27.5. The molecule has 246 valence electrons. The number of imide groups is 2. The number of fused-ring (bicyclic) bond motifs is 4. The molecule has 0 radical (unpaired) electrons. The number of rotatable bonds is 5. The van der Waals surface area contributed by atoms with Gasteiger partial charge in [-0.05, 0) is 85.0 Å². The Balaban J connectivity index is 1.37. The third-order valence-corrected chi connectivity index (χ3v) is 11.3. The standard InChI is InChI=1S/C39H30Cl2N2O6/c1-49-26-14-17-32(44)30(19-26)34-27-15-16-28-33(37(47)42(35(28)45)24-12-10-22(40)11-13-24)29(27)20-31-36(46)43(25-9-5-8-23(41)18-25)38(48)39(31,34)21-6-3-2-4-7-21/h2-15,17-19,28-29,31,33-34,44H,16,20H2,1H3/t28-,29+,31-,33-,34+,39+/m0/s1. The Morgan fingerprint density at radius 1 is 0.755 bits per heavy atom. The Hall–Kier alpha value is -4.92. The van der Waals surface area contributed by atoms with Crippen LogP contribution < -0.4 is 14.5 Å². The zero-order valence-corrected chi connectivity index (χ0v) is 27.8. The van der Waals surface area contributed by atoms with E-state index in [4.69, 9.17) is 27.9 Å². The number of hydrogen-bond donors (Lipinski definition) is 1. The average molecular weight is 694 g/mol. The number of benzene rings is 4. The second kappa shape index (κ2) is 11.6. The van der Waals surface area contributed by atoms with E-state index in [0.717, 1.165) is 5.57 Å². The molecule has 1 N–H and O–H groups in total. The van der Waals surface area contributed by atoms with Crippen molar-refractivity contribution in [3.05, 3.63) is 130 Å². The van der Waals surface area contributed by atoms with Crippen molar-refractivity contribution in [1.82, 2.24) is 0 Å². The van der Waals surface area contributed by atoms with Crippen molar-refractivity contribution in [1.29, 1.82) is 0 Å². The Kier molecular flexibility index (Phi) is 7.42. The molecule has 4 amide bonds. The summed E-state index contributed by atoms with van der Waals surface area (Å²) in [7, 11) is 1.51. The lowest BCUT2D eigenvalue weighted by molar-refractivity contribution is -0.127. The van der Waals surface area contributed by atoms with Crippen LogP contribution in [0.15, 0.2) is 109 Å². The lowest BCUT2D eigenvalue weighted by atomic mass is 9.49. The van der Waals surface area contributed by atoms with Crippen LogP contribution in [0.3, 0.4) is 0 Å². The molecule has 2 aliphatic carbocycles. The molecule has 2 saturated heterocycles. The van der Waals surface area contributed by atoms with Gasteiger partial charge in [-0.1, -0.05) is 71.2 Å². The number of carbonyl (C=O) groups excluding carboxylic acids is 4. The van der Waals surface area contributed by atoms with Gasteiger partial charge in [-0.25, -0.2) is 4.90 Å². The van der Waals surface area contributed by atoms with Crippen LogP contribution in [0.2, 0.25) is 10.0 Å². The molecule has 10 heteroatoms. The Bertz CT molecular complexity index is 2080. The van der Waals surface area contributed by atoms with Gasteiger partial charge in [0.1, 0.15) is 11.5 Å². The number of halogens is 2. The van der Waals surface area contributed by atoms with Gasteiger partial charge in [0.15, 0.2) is 0 Å². The predicted octanol–water partition coefficient (Wildman–Crippen LogP) is 7.07. The minimum Gasteiger partial charge on any atom is -0.508 e. The van der Waals surface area contributed by atoms with Crippen molar-refractivity contribution >= 4 is 58.2 Å². The fourth-order valence-corrected chi connectivity index (χ4v) is 9.13. The molecule has 2 heterocycles. The molecule has 4 aromatic carbocycles. The quantitative estimate of drug-likeness (QED) is 0.177. The number of ether oxygens (including phenoxy) is 1. The van der Waals surface area contributed by atoms with Gasteiger partial charge in [-0.3, -0.25) is 24.1 Å². The van der Waals surface area contributed by atoms with Crippen LogP contribution in [-0.4, -0.2) is 35.8 Å². The van der Waals surface area contributed by atoms with Crippen molar-refractivity contribution in [2.24, 2.45) is 23.7 Å². The van der Waals surface area contributed by atoms with Gasteiger partial charge in [-0.15, -0.1) is 0 Å². The Labute approximate surface area is 292 Å². The lowest BCUT2D eigenvalue weighted by Crippen LogP contribution is -2.53. The maximum atomic E-state index is 15.3. The van der Waals surface area contributed by atoms with Crippen molar-refractivity contribution in [3.63, 3.8) is 0 Å². The van der Waals surface area contributed by atoms with Crippen LogP contribution in [0, 0.1) is 23.7 Å². The number of methoxy groups -OCH3 is 1. The van der Waals surface area contributed by atoms with E-state index in [9.17, 15) is 19.5 Å². The molecule has 8 rings (SSSR count). The third-order valence-electron chi connectivity index (χ3n) is 10.8. The van der Waals surface area contributed by atoms with Crippen molar-refractivity contribution in [2.45, 2.75) is 24.2 Å². The molecule has 4 aliphatic rings. The molecule has 8 nitrogen and oxygen atoms in total. The van der Waals surface area contributed by atoms with Gasteiger partial charge in [0, 0.05) is 21.5 Å². The van der Waals surface area contributed by atoms with Crippen molar-refractivity contribution < 1.29 is 29.0 Å². The van der Waals surface area contributed by atoms with Crippen LogP contribution in [0.25, 0.3) is 0 Å². The SMILES string of the molecule is COc1ccc(O)c([C@H]2C3=CC[C@@H]4C(=O)N(c5ccc(Cl)cc5)C(=O)[C@@H]4[C@@H]3C[C@H]3C(=O)N(c4cccc(Cl)c4)C(=O)[C@@]23c2ccccc2)c1. The summed E-state index contributed by atoms with van der Waals surface area (Å²) in [6.45, 7) is 0. The highest BCUT2D eigenvalue weighted by Gasteiger charge is 2.70. The monoisotopic (exact) mass is 692 g/mol. The van der Waals surface area contributed by atoms with Crippen LogP contribution in [0.1, 0.15) is 29.9 Å². The number of aromatic hydroxyl groups is 1. The van der Waals surface area contributed by atoms with E-state index in [1.165, 1.54) is 23.0 Å². The van der Waals surface area contributed by atoms with Gasteiger partial charge in [0.25, 0.3) is 0 Å². The van der Waals surface area contributed by atoms with Crippen molar-refractivity contribution in [2.75, 3.05) is 16.9 Å². The topological polar surface area (TPSA) is 104 Å². The average Bonchev–Trinajstić information content (AvgIpc) is 3.50. The highest BCUT2D eigenvalue weighted by molar-refractivity contribution is 6.32. The fraction of sp³-hybridized carbons (Fsp3) is 0.231. The Morgan fingerprint density at radius 3 is 2.22 bits per heavy atom. The second-order valence-corrected chi connectivity index (χ2v) is 13.9. The minimum absolute atomic E-state index is 0.0819. The molecule has 0 unspecified atom stereocenters. The van der Waals surface area contributed by atoms with Crippen LogP contribution in [0.4, 0.5) is 11.4 Å². The molecular formula is C39H30Cl2N2O6. The van der Waals surface area contributed by atoms with E-state index < -0.39 is 46.8 Å². The predicted molar refractivity (Wildman–Crippen MR) is 185 cm³/mol. The second-order valence-electron chi connectivity index (χ2n) is 13.0. The summed E-state index contributed by atoms with van der Waals surface area (Å²) in [5.74, 6) is -5.06. The van der Waals surface area contributed by atoms with Crippen LogP contribution in [-0.2, 0) is 24.6 Å². The van der Waals surface area contributed by atoms with Crippen LogP contribution in [0.5, 0.6) is 11.5 Å². The molecule has 2 aliphatic heterocycles. The van der Waals surface area contributed by atoms with E-state index in [2.05, 4.69) is 0 Å². The summed E-state index contributed by atoms with van der Waals surface area (Å²) in [4.78, 5) is 60.9. The largest absolute Gasteiger partial charge is 0.508 e. The first-order valence-corrected chi connectivity index (χ1v) is 16.8. The molecule has 0 spiro atoms. The number of hydrogen-bond acceptors (Lipinski definition) is 6. The number of amides is 4. The van der Waals surface area contributed by atoms with E-state index in [1.807, 2.05) is 36.4 Å². The van der Waals surface area contributed by atoms with Gasteiger partial charge >= 0.3 is 0 Å². The van der Waals surface area contributed by atoms with E-state index >= 15 is 4.79 Å². The van der Waals surface area contributed by atoms with Gasteiger partial charge in [0.2, 0.25) is 23.6 Å². The van der Waals surface area contributed by atoms with Crippen LogP contribution >= 0.6 is 23.2 Å². The smallest absolute Gasteiger partial charge is 0.246 e. The molecule has 0 aromatic heterocycles. The molecule has 0 bridgehead atoms. The van der Waals surface area contributed by atoms with Crippen molar-refractivity contribution in [3.8, 4) is 11.5 Å². The summed E-state index contributed by atoms with van der Waals surface area (Å²) in [6.07, 6.45) is 2.34. The third kappa shape index (κ3) is 4.50. The molecular weight excluding hydrogens is 663 g/mol. The molecule has 3 fully saturated rings. The fourth-order valence-electron chi connectivity index (χ4n) is 8.82. The number of nitrogens with zero attached hydrogens (tertiary/aromatic N) is 2. The minimum atomic E-state index is -1.51. The maximum absolute atomic E-state index is 15.3. The first-order valence-electron chi connectivity index (χ1n) is 16.1. The molecule has 49 heavy (non-hydrogen) atoms. The van der Waals surface area contributed by atoms with Gasteiger partial charge in [-0.2, -0.15) is 0 Å². The Morgan fingerprint density at radius 2 is 1.51 bits per heavy atom. The van der Waals surface area contributed by atoms with Gasteiger partial charge < -0.3 is 9.84 Å². The summed E-state index contributed by atoms with van der Waals surface area (Å²) < 4.78 is 5.59. The lowest BCUT2D eigenvalue weighted by Gasteiger charge is -2.50. The highest BCUT2D eigenvalue weighted by atomic mass is 35.5. The summed E-state index contributed by atoms with van der Waals surface area (Å²) in [5, 5.41) is 12.4. The summed E-state index contributed by atoms with van der Waals surface area (Å²) >= 11 is 12.5. The summed E-state index contributed by atoms with van der Waals surface area (Å²) in [5.41, 5.74) is 0.971. The zero-order valence-electron chi connectivity index (χ0n) is 26.3. The van der Waals surface area contributed by atoms with E-state index in [1.54, 1.807) is 60.7 Å². The summed E-state index contributed by atoms with van der Waals surface area (Å²) in [6, 6.07) is 27.1. The van der Waals surface area contributed by atoms with Gasteiger partial charge in [0.05, 0.1) is 41.7 Å².